The zero-order valence-electron chi connectivity index (χ0n) is 14.9. The Hall–Kier alpha value is -1.88. The van der Waals surface area contributed by atoms with E-state index in [1.165, 1.54) is 5.56 Å². The summed E-state index contributed by atoms with van der Waals surface area (Å²) in [7, 11) is 0. The number of piperidine rings is 1. The van der Waals surface area contributed by atoms with E-state index >= 15 is 0 Å². The van der Waals surface area contributed by atoms with Crippen LogP contribution in [0.15, 0.2) is 48.5 Å². The Morgan fingerprint density at radius 3 is 2.08 bits per heavy atom. The molecule has 3 N–H and O–H groups in total. The highest BCUT2D eigenvalue weighted by Crippen LogP contribution is 2.35. The fourth-order valence-electron chi connectivity index (χ4n) is 3.60. The van der Waals surface area contributed by atoms with Crippen molar-refractivity contribution in [1.82, 2.24) is 4.90 Å². The number of aliphatic hydroxyl groups is 2. The minimum atomic E-state index is -0.784. The number of phenols is 1. The first kappa shape index (κ1) is 17.9. The average Bonchev–Trinajstić information content (AvgIpc) is 2.62. The number of phenolic OH excluding ortho intramolecular Hbond substituents is 1. The highest BCUT2D eigenvalue weighted by Gasteiger charge is 2.36. The SMILES string of the molecule is Cc1ccc(C2(O)CCN(C(C)C(O)c3ccc(O)cc3)CC2)cc1. The van der Waals surface area contributed by atoms with Gasteiger partial charge in [-0.25, -0.2) is 0 Å². The van der Waals surface area contributed by atoms with Gasteiger partial charge in [0.1, 0.15) is 5.75 Å². The highest BCUT2D eigenvalue weighted by atomic mass is 16.3. The molecule has 1 aliphatic heterocycles. The molecule has 134 valence electrons. The van der Waals surface area contributed by atoms with Gasteiger partial charge in [-0.1, -0.05) is 42.0 Å². The molecule has 0 aliphatic carbocycles. The van der Waals surface area contributed by atoms with Gasteiger partial charge in [0.05, 0.1) is 11.7 Å². The lowest BCUT2D eigenvalue weighted by molar-refractivity contribution is -0.0501. The fraction of sp³-hybridized carbons (Fsp3) is 0.429. The Balaban J connectivity index is 1.64. The van der Waals surface area contributed by atoms with Crippen LogP contribution >= 0.6 is 0 Å². The molecule has 0 radical (unpaired) electrons. The second kappa shape index (κ2) is 7.16. The number of benzene rings is 2. The number of aromatic hydroxyl groups is 1. The minimum absolute atomic E-state index is 0.0490. The third-order valence-electron chi connectivity index (χ3n) is 5.48. The molecule has 2 atom stereocenters. The van der Waals surface area contributed by atoms with Gasteiger partial charge in [0.25, 0.3) is 0 Å². The molecule has 2 unspecified atom stereocenters. The second-order valence-corrected chi connectivity index (χ2v) is 7.21. The van der Waals surface area contributed by atoms with E-state index < -0.39 is 11.7 Å². The van der Waals surface area contributed by atoms with Crippen molar-refractivity contribution in [3.63, 3.8) is 0 Å². The third kappa shape index (κ3) is 3.87. The third-order valence-corrected chi connectivity index (χ3v) is 5.48. The summed E-state index contributed by atoms with van der Waals surface area (Å²) in [5.74, 6) is 0.199. The molecule has 1 aliphatic rings. The van der Waals surface area contributed by atoms with E-state index in [0.29, 0.717) is 12.8 Å². The van der Waals surface area contributed by atoms with Gasteiger partial charge in [0.2, 0.25) is 0 Å². The quantitative estimate of drug-likeness (QED) is 0.800. The molecule has 2 aromatic rings. The summed E-state index contributed by atoms with van der Waals surface area (Å²) in [5.41, 5.74) is 2.18. The Morgan fingerprint density at radius 1 is 0.960 bits per heavy atom. The molecule has 4 nitrogen and oxygen atoms in total. The van der Waals surface area contributed by atoms with E-state index in [1.54, 1.807) is 24.3 Å². The Labute approximate surface area is 149 Å². The average molecular weight is 341 g/mol. The molecule has 0 bridgehead atoms. The molecule has 0 amide bonds. The number of likely N-dealkylation sites (tertiary alicyclic amines) is 1. The van der Waals surface area contributed by atoms with Crippen LogP contribution in [-0.4, -0.2) is 39.4 Å². The predicted octanol–water partition coefficient (Wildman–Crippen LogP) is 3.11. The maximum Gasteiger partial charge on any atom is 0.115 e. The van der Waals surface area contributed by atoms with Gasteiger partial charge in [-0.15, -0.1) is 0 Å². The van der Waals surface area contributed by atoms with E-state index in [4.69, 9.17) is 0 Å². The summed E-state index contributed by atoms with van der Waals surface area (Å²) in [6, 6.07) is 14.8. The lowest BCUT2D eigenvalue weighted by Gasteiger charge is -2.42. The topological polar surface area (TPSA) is 63.9 Å². The lowest BCUT2D eigenvalue weighted by Crippen LogP contribution is -2.47. The van der Waals surface area contributed by atoms with Crippen LogP contribution in [0.5, 0.6) is 5.75 Å². The molecule has 4 heteroatoms. The zero-order chi connectivity index (χ0) is 18.0. The van der Waals surface area contributed by atoms with Crippen LogP contribution in [0.3, 0.4) is 0 Å². The minimum Gasteiger partial charge on any atom is -0.508 e. The summed E-state index contributed by atoms with van der Waals surface area (Å²) in [6.45, 7) is 5.53. The van der Waals surface area contributed by atoms with Crippen LogP contribution in [0.1, 0.15) is 42.6 Å². The summed E-state index contributed by atoms with van der Waals surface area (Å²) < 4.78 is 0. The first-order valence-electron chi connectivity index (χ1n) is 8.90. The second-order valence-electron chi connectivity index (χ2n) is 7.21. The molecule has 3 rings (SSSR count). The number of hydrogen-bond donors (Lipinski definition) is 3. The van der Waals surface area contributed by atoms with Crippen molar-refractivity contribution < 1.29 is 15.3 Å². The van der Waals surface area contributed by atoms with Crippen molar-refractivity contribution in [3.05, 3.63) is 65.2 Å². The first-order valence-corrected chi connectivity index (χ1v) is 8.90. The van der Waals surface area contributed by atoms with Gasteiger partial charge >= 0.3 is 0 Å². The zero-order valence-corrected chi connectivity index (χ0v) is 14.9. The summed E-state index contributed by atoms with van der Waals surface area (Å²) in [4.78, 5) is 2.22. The largest absolute Gasteiger partial charge is 0.508 e. The number of hydrogen-bond acceptors (Lipinski definition) is 4. The van der Waals surface area contributed by atoms with Crippen molar-refractivity contribution in [2.45, 2.75) is 44.4 Å². The highest BCUT2D eigenvalue weighted by molar-refractivity contribution is 5.29. The van der Waals surface area contributed by atoms with Crippen LogP contribution < -0.4 is 0 Å². The molecule has 1 saturated heterocycles. The van der Waals surface area contributed by atoms with Gasteiger partial charge in [0.15, 0.2) is 0 Å². The van der Waals surface area contributed by atoms with Crippen molar-refractivity contribution in [3.8, 4) is 5.75 Å². The normalized spacial score (nSPS) is 20.2. The van der Waals surface area contributed by atoms with Crippen LogP contribution in [0, 0.1) is 6.92 Å². The van der Waals surface area contributed by atoms with Gasteiger partial charge in [-0.3, -0.25) is 4.90 Å². The summed E-state index contributed by atoms with van der Waals surface area (Å²) >= 11 is 0. The Kier molecular flexibility index (Phi) is 5.13. The lowest BCUT2D eigenvalue weighted by atomic mass is 9.83. The standard InChI is InChI=1S/C21H27NO3/c1-15-3-7-18(8-4-15)21(25)11-13-22(14-12-21)16(2)20(24)17-5-9-19(23)10-6-17/h3-10,16,20,23-25H,11-14H2,1-2H3. The molecular weight excluding hydrogens is 314 g/mol. The Bertz CT molecular complexity index is 688. The van der Waals surface area contributed by atoms with Gasteiger partial charge in [0, 0.05) is 19.1 Å². The number of nitrogens with zero attached hydrogens (tertiary/aromatic N) is 1. The van der Waals surface area contributed by atoms with E-state index in [9.17, 15) is 15.3 Å². The number of aliphatic hydroxyl groups excluding tert-OH is 1. The van der Waals surface area contributed by atoms with E-state index in [0.717, 1.165) is 24.2 Å². The van der Waals surface area contributed by atoms with Crippen LogP contribution in [0.25, 0.3) is 0 Å². The van der Waals surface area contributed by atoms with Gasteiger partial charge in [-0.2, -0.15) is 0 Å². The Morgan fingerprint density at radius 2 is 1.52 bits per heavy atom. The van der Waals surface area contributed by atoms with Crippen LogP contribution in [0.2, 0.25) is 0 Å². The van der Waals surface area contributed by atoms with E-state index in [2.05, 4.69) is 4.90 Å². The van der Waals surface area contributed by atoms with Crippen molar-refractivity contribution in [1.29, 1.82) is 0 Å². The summed E-state index contributed by atoms with van der Waals surface area (Å²) in [5, 5.41) is 31.0. The molecular formula is C21H27NO3. The molecule has 25 heavy (non-hydrogen) atoms. The monoisotopic (exact) mass is 341 g/mol. The summed E-state index contributed by atoms with van der Waals surface area (Å²) in [6.07, 6.45) is 0.692. The number of rotatable bonds is 4. The fourth-order valence-corrected chi connectivity index (χ4v) is 3.60. The molecule has 0 aromatic heterocycles. The molecule has 0 spiro atoms. The first-order chi connectivity index (χ1) is 11.9. The van der Waals surface area contributed by atoms with Crippen molar-refractivity contribution >= 4 is 0 Å². The van der Waals surface area contributed by atoms with Crippen molar-refractivity contribution in [2.75, 3.05) is 13.1 Å². The van der Waals surface area contributed by atoms with Crippen LogP contribution in [-0.2, 0) is 5.60 Å². The maximum absolute atomic E-state index is 11.0. The molecule has 1 heterocycles. The van der Waals surface area contributed by atoms with Gasteiger partial charge in [-0.05, 0) is 49.9 Å². The van der Waals surface area contributed by atoms with Gasteiger partial charge < -0.3 is 15.3 Å². The smallest absolute Gasteiger partial charge is 0.115 e. The molecule has 1 fully saturated rings. The number of aryl methyl sites for hydroxylation is 1. The van der Waals surface area contributed by atoms with Crippen molar-refractivity contribution in [2.24, 2.45) is 0 Å². The van der Waals surface area contributed by atoms with E-state index in [1.807, 2.05) is 38.1 Å². The molecule has 0 saturated carbocycles. The van der Waals surface area contributed by atoms with Crippen LogP contribution in [0.4, 0.5) is 0 Å². The van der Waals surface area contributed by atoms with E-state index in [-0.39, 0.29) is 11.8 Å². The predicted molar refractivity (Wildman–Crippen MR) is 98.4 cm³/mol. The molecule has 2 aromatic carbocycles. The maximum atomic E-state index is 11.0.